The fourth-order valence-corrected chi connectivity index (χ4v) is 5.37. The summed E-state index contributed by atoms with van der Waals surface area (Å²) in [6, 6.07) is 14.9. The van der Waals surface area contributed by atoms with E-state index in [1.54, 1.807) is 0 Å². The Bertz CT molecular complexity index is 685. The van der Waals surface area contributed by atoms with Crippen molar-refractivity contribution in [1.82, 2.24) is 9.88 Å². The Balaban J connectivity index is 1.24. The maximum atomic E-state index is 6.09. The molecule has 2 aliphatic rings. The fraction of sp³-hybridized carbons (Fsp3) is 0.450. The molecule has 1 aromatic carbocycles. The second-order valence-corrected chi connectivity index (χ2v) is 8.57. The summed E-state index contributed by atoms with van der Waals surface area (Å²) in [5.41, 5.74) is 3.80. The first kappa shape index (κ1) is 16.1. The molecule has 24 heavy (non-hydrogen) atoms. The first-order valence-corrected chi connectivity index (χ1v) is 9.63. The highest BCUT2D eigenvalue weighted by atomic mass is 32.2. The Morgan fingerprint density at radius 3 is 2.96 bits per heavy atom. The van der Waals surface area contributed by atoms with Crippen LogP contribution in [0.15, 0.2) is 48.7 Å². The van der Waals surface area contributed by atoms with E-state index in [1.165, 1.54) is 30.6 Å². The van der Waals surface area contributed by atoms with Crippen LogP contribution < -0.4 is 0 Å². The lowest BCUT2D eigenvalue weighted by Gasteiger charge is -2.47. The van der Waals surface area contributed by atoms with Crippen molar-refractivity contribution in [2.45, 2.75) is 37.3 Å². The second-order valence-electron chi connectivity index (χ2n) is 7.09. The Morgan fingerprint density at radius 1 is 1.25 bits per heavy atom. The van der Waals surface area contributed by atoms with Crippen LogP contribution >= 0.6 is 11.8 Å². The summed E-state index contributed by atoms with van der Waals surface area (Å²) in [6.07, 6.45) is 3.38. The molecule has 0 radical (unpaired) electrons. The molecule has 1 unspecified atom stereocenters. The van der Waals surface area contributed by atoms with Crippen molar-refractivity contribution < 1.29 is 4.74 Å². The third-order valence-electron chi connectivity index (χ3n) is 4.88. The van der Waals surface area contributed by atoms with Gasteiger partial charge in [0.05, 0.1) is 18.4 Å². The number of aromatic nitrogens is 1. The summed E-state index contributed by atoms with van der Waals surface area (Å²) in [5, 5.41) is 0. The number of rotatable bonds is 5. The van der Waals surface area contributed by atoms with Crippen molar-refractivity contribution in [3.63, 3.8) is 0 Å². The monoisotopic (exact) mass is 340 g/mol. The number of aryl methyl sites for hydroxylation is 1. The number of nitrogens with zero attached hydrogens (tertiary/aromatic N) is 2. The molecule has 4 rings (SSSR count). The van der Waals surface area contributed by atoms with Gasteiger partial charge >= 0.3 is 0 Å². The van der Waals surface area contributed by atoms with Crippen LogP contribution in [0.2, 0.25) is 0 Å². The minimum atomic E-state index is 0.373. The van der Waals surface area contributed by atoms with Gasteiger partial charge < -0.3 is 4.74 Å². The minimum Gasteiger partial charge on any atom is -0.371 e. The van der Waals surface area contributed by atoms with Crippen LogP contribution in [0, 0.1) is 6.92 Å². The molecule has 3 nitrogen and oxygen atoms in total. The average Bonchev–Trinajstić information content (AvgIpc) is 2.98. The van der Waals surface area contributed by atoms with Crippen LogP contribution in [-0.4, -0.2) is 39.6 Å². The summed E-state index contributed by atoms with van der Waals surface area (Å²) in [5.74, 6) is 1.12. The predicted molar refractivity (Wildman–Crippen MR) is 99.1 cm³/mol. The molecule has 3 heterocycles. The summed E-state index contributed by atoms with van der Waals surface area (Å²) >= 11 is 2.11. The van der Waals surface area contributed by atoms with E-state index in [0.29, 0.717) is 17.5 Å². The highest BCUT2D eigenvalue weighted by molar-refractivity contribution is 8.01. The van der Waals surface area contributed by atoms with E-state index in [9.17, 15) is 0 Å². The van der Waals surface area contributed by atoms with Gasteiger partial charge in [-0.15, -0.1) is 11.8 Å². The van der Waals surface area contributed by atoms with Crippen LogP contribution in [0.25, 0.3) is 0 Å². The molecule has 0 amide bonds. The van der Waals surface area contributed by atoms with Gasteiger partial charge in [0.1, 0.15) is 0 Å². The first-order chi connectivity index (χ1) is 11.7. The molecule has 1 spiro atoms. The van der Waals surface area contributed by atoms with Crippen LogP contribution in [-0.2, 0) is 17.9 Å². The highest BCUT2D eigenvalue weighted by Crippen LogP contribution is 2.46. The molecule has 0 N–H and O–H groups in total. The standard InChI is InChI=1S/C20H24N2OS/c1-16-5-4-6-17(9-16)11-22-14-20(15-22)10-19(13-24-20)23-12-18-7-2-3-8-21-18/h2-9,19H,10-15H2,1H3. The van der Waals surface area contributed by atoms with E-state index in [4.69, 9.17) is 4.74 Å². The molecule has 2 aliphatic heterocycles. The third-order valence-corrected chi connectivity index (χ3v) is 6.46. The van der Waals surface area contributed by atoms with Gasteiger partial charge in [-0.1, -0.05) is 35.9 Å². The molecule has 1 aromatic heterocycles. The van der Waals surface area contributed by atoms with Gasteiger partial charge in [-0.25, -0.2) is 0 Å². The third kappa shape index (κ3) is 3.66. The normalized spacial score (nSPS) is 22.6. The minimum absolute atomic E-state index is 0.373. The molecule has 0 aliphatic carbocycles. The van der Waals surface area contributed by atoms with E-state index >= 15 is 0 Å². The zero-order chi connectivity index (χ0) is 16.4. The smallest absolute Gasteiger partial charge is 0.0892 e. The fourth-order valence-electron chi connectivity index (χ4n) is 3.77. The van der Waals surface area contributed by atoms with E-state index < -0.39 is 0 Å². The SMILES string of the molecule is Cc1cccc(CN2CC3(CC(OCc4ccccn4)CS3)C2)c1. The summed E-state index contributed by atoms with van der Waals surface area (Å²) < 4.78 is 6.52. The zero-order valence-corrected chi connectivity index (χ0v) is 15.0. The lowest BCUT2D eigenvalue weighted by atomic mass is 9.92. The van der Waals surface area contributed by atoms with Crippen LogP contribution in [0.3, 0.4) is 0 Å². The maximum Gasteiger partial charge on any atom is 0.0892 e. The van der Waals surface area contributed by atoms with Gasteiger partial charge in [-0.05, 0) is 31.0 Å². The maximum absolute atomic E-state index is 6.09. The molecule has 0 saturated carbocycles. The van der Waals surface area contributed by atoms with E-state index in [2.05, 4.69) is 52.8 Å². The summed E-state index contributed by atoms with van der Waals surface area (Å²) in [7, 11) is 0. The molecular formula is C20H24N2OS. The Hall–Kier alpha value is -1.36. The summed E-state index contributed by atoms with van der Waals surface area (Å²) in [4.78, 5) is 6.89. The highest BCUT2D eigenvalue weighted by Gasteiger charge is 2.49. The van der Waals surface area contributed by atoms with Crippen molar-refractivity contribution in [3.8, 4) is 0 Å². The molecule has 4 heteroatoms. The molecule has 2 saturated heterocycles. The molecule has 1 atom stereocenters. The van der Waals surface area contributed by atoms with Gasteiger partial charge in [-0.3, -0.25) is 9.88 Å². The lowest BCUT2D eigenvalue weighted by molar-refractivity contribution is 0.0251. The predicted octanol–water partition coefficient (Wildman–Crippen LogP) is 3.67. The first-order valence-electron chi connectivity index (χ1n) is 8.64. The number of likely N-dealkylation sites (tertiary alicyclic amines) is 1. The number of benzene rings is 1. The van der Waals surface area contributed by atoms with Crippen LogP contribution in [0.4, 0.5) is 0 Å². The average molecular weight is 340 g/mol. The van der Waals surface area contributed by atoms with Crippen LogP contribution in [0.5, 0.6) is 0 Å². The number of pyridine rings is 1. The van der Waals surface area contributed by atoms with Crippen molar-refractivity contribution in [2.75, 3.05) is 18.8 Å². The number of thioether (sulfide) groups is 1. The zero-order valence-electron chi connectivity index (χ0n) is 14.1. The van der Waals surface area contributed by atoms with E-state index in [1.807, 2.05) is 24.4 Å². The van der Waals surface area contributed by atoms with Gasteiger partial charge in [-0.2, -0.15) is 0 Å². The van der Waals surface area contributed by atoms with Gasteiger partial charge in [0.25, 0.3) is 0 Å². The molecule has 126 valence electrons. The molecular weight excluding hydrogens is 316 g/mol. The van der Waals surface area contributed by atoms with Crippen LogP contribution in [0.1, 0.15) is 23.2 Å². The number of ether oxygens (including phenoxy) is 1. The van der Waals surface area contributed by atoms with Gasteiger partial charge in [0.15, 0.2) is 0 Å². The van der Waals surface area contributed by atoms with Gasteiger partial charge in [0, 0.05) is 36.3 Å². The summed E-state index contributed by atoms with van der Waals surface area (Å²) in [6.45, 7) is 6.25. The Kier molecular flexibility index (Phi) is 4.61. The Morgan fingerprint density at radius 2 is 2.17 bits per heavy atom. The largest absolute Gasteiger partial charge is 0.371 e. The molecule has 2 fully saturated rings. The van der Waals surface area contributed by atoms with E-state index in [0.717, 1.165) is 18.0 Å². The van der Waals surface area contributed by atoms with Crippen molar-refractivity contribution in [1.29, 1.82) is 0 Å². The number of hydrogen-bond acceptors (Lipinski definition) is 4. The quantitative estimate of drug-likeness (QED) is 0.829. The Labute approximate surface area is 148 Å². The van der Waals surface area contributed by atoms with Crippen molar-refractivity contribution in [2.24, 2.45) is 0 Å². The number of hydrogen-bond donors (Lipinski definition) is 0. The molecule has 0 bridgehead atoms. The topological polar surface area (TPSA) is 25.4 Å². The van der Waals surface area contributed by atoms with Crippen molar-refractivity contribution >= 4 is 11.8 Å². The second kappa shape index (κ2) is 6.87. The van der Waals surface area contributed by atoms with E-state index in [-0.39, 0.29) is 0 Å². The van der Waals surface area contributed by atoms with Gasteiger partial charge in [0.2, 0.25) is 0 Å². The molecule has 2 aromatic rings. The van der Waals surface area contributed by atoms with Crippen molar-refractivity contribution in [3.05, 3.63) is 65.5 Å². The lowest BCUT2D eigenvalue weighted by Crippen LogP contribution is -2.58.